The molecular weight excluding hydrogens is 302 g/mol. The summed E-state index contributed by atoms with van der Waals surface area (Å²) in [6.45, 7) is 2.22. The molecule has 0 radical (unpaired) electrons. The molecule has 0 amide bonds. The number of rotatable bonds is 5. The summed E-state index contributed by atoms with van der Waals surface area (Å²) in [4.78, 5) is 0. The van der Waals surface area contributed by atoms with Crippen LogP contribution in [-0.4, -0.2) is 6.43 Å². The van der Waals surface area contributed by atoms with Crippen LogP contribution in [0.3, 0.4) is 0 Å². The lowest BCUT2D eigenvalue weighted by molar-refractivity contribution is 0.0347. The van der Waals surface area contributed by atoms with Gasteiger partial charge in [0.25, 0.3) is 0 Å². The summed E-state index contributed by atoms with van der Waals surface area (Å²) in [5.74, 6) is 0.471. The van der Waals surface area contributed by atoms with Crippen LogP contribution in [0.1, 0.15) is 56.9 Å². The second-order valence-electron chi connectivity index (χ2n) is 7.46. The van der Waals surface area contributed by atoms with Gasteiger partial charge in [0.15, 0.2) is 0 Å². The molecule has 0 unspecified atom stereocenters. The molecule has 2 aliphatic carbocycles. The van der Waals surface area contributed by atoms with E-state index in [1.807, 2.05) is 6.07 Å². The van der Waals surface area contributed by atoms with Crippen molar-refractivity contribution in [2.75, 3.05) is 0 Å². The zero-order chi connectivity index (χ0) is 17.0. The van der Waals surface area contributed by atoms with E-state index in [0.29, 0.717) is 24.7 Å². The van der Waals surface area contributed by atoms with E-state index in [9.17, 15) is 8.78 Å². The van der Waals surface area contributed by atoms with Crippen LogP contribution in [-0.2, 0) is 0 Å². The molecule has 0 atom stereocenters. The van der Waals surface area contributed by atoms with Crippen LogP contribution in [0, 0.1) is 17.3 Å². The third-order valence-electron chi connectivity index (χ3n) is 5.98. The minimum atomic E-state index is -2.15. The quantitative estimate of drug-likeness (QED) is 0.524. The van der Waals surface area contributed by atoms with Crippen molar-refractivity contribution >= 4 is 0 Å². The summed E-state index contributed by atoms with van der Waals surface area (Å²) >= 11 is 0. The third kappa shape index (κ3) is 3.63. The monoisotopic (exact) mass is 330 g/mol. The maximum absolute atomic E-state index is 12.9. The molecule has 0 nitrogen and oxygen atoms in total. The Bertz CT molecular complexity index is 551. The summed E-state index contributed by atoms with van der Waals surface area (Å²) in [5.41, 5.74) is 1.39. The zero-order valence-electron chi connectivity index (χ0n) is 14.5. The van der Waals surface area contributed by atoms with Crippen LogP contribution in [0.4, 0.5) is 8.78 Å². The van der Waals surface area contributed by atoms with Gasteiger partial charge in [0.1, 0.15) is 0 Å². The molecule has 24 heavy (non-hydrogen) atoms. The average Bonchev–Trinajstić information content (AvgIpc) is 2.63. The maximum atomic E-state index is 12.9. The molecule has 1 fully saturated rings. The first kappa shape index (κ1) is 17.4. The van der Waals surface area contributed by atoms with Crippen LogP contribution in [0.5, 0.6) is 0 Å². The average molecular weight is 330 g/mol. The molecule has 1 saturated carbocycles. The van der Waals surface area contributed by atoms with E-state index in [-0.39, 0.29) is 11.3 Å². The molecular formula is C22H28F2. The van der Waals surface area contributed by atoms with Gasteiger partial charge in [-0.2, -0.15) is 0 Å². The first-order valence-corrected chi connectivity index (χ1v) is 9.36. The van der Waals surface area contributed by atoms with Gasteiger partial charge in [-0.1, -0.05) is 68.0 Å². The molecule has 130 valence electrons. The molecule has 1 aromatic rings. The van der Waals surface area contributed by atoms with Crippen molar-refractivity contribution in [3.63, 3.8) is 0 Å². The second kappa shape index (κ2) is 7.63. The third-order valence-corrected chi connectivity index (χ3v) is 5.98. The molecule has 3 rings (SSSR count). The van der Waals surface area contributed by atoms with Gasteiger partial charge in [-0.25, -0.2) is 8.78 Å². The van der Waals surface area contributed by atoms with Gasteiger partial charge in [-0.05, 0) is 43.6 Å². The van der Waals surface area contributed by atoms with Crippen LogP contribution in [0.2, 0.25) is 0 Å². The van der Waals surface area contributed by atoms with E-state index >= 15 is 0 Å². The highest BCUT2D eigenvalue weighted by Gasteiger charge is 2.39. The Hall–Kier alpha value is -1.44. The Kier molecular flexibility index (Phi) is 5.53. The summed E-state index contributed by atoms with van der Waals surface area (Å²) in [7, 11) is 0. The van der Waals surface area contributed by atoms with E-state index in [2.05, 4.69) is 55.5 Å². The van der Waals surface area contributed by atoms with Crippen molar-refractivity contribution < 1.29 is 8.78 Å². The molecule has 0 N–H and O–H groups in total. The number of alkyl halides is 2. The van der Waals surface area contributed by atoms with Crippen molar-refractivity contribution in [2.45, 2.75) is 57.8 Å². The number of hydrogen-bond acceptors (Lipinski definition) is 0. The first-order chi connectivity index (χ1) is 11.6. The molecule has 2 heteroatoms. The highest BCUT2D eigenvalue weighted by atomic mass is 19.3. The Morgan fingerprint density at radius 1 is 1.00 bits per heavy atom. The number of hydrogen-bond donors (Lipinski definition) is 0. The molecule has 0 aliphatic heterocycles. The fraction of sp³-hybridized carbons (Fsp3) is 0.545. The van der Waals surface area contributed by atoms with Gasteiger partial charge < -0.3 is 0 Å². The number of benzene rings is 1. The Balaban J connectivity index is 1.73. The van der Waals surface area contributed by atoms with Crippen LogP contribution in [0.15, 0.2) is 54.6 Å². The lowest BCUT2D eigenvalue weighted by atomic mass is 9.63. The molecule has 0 saturated heterocycles. The van der Waals surface area contributed by atoms with E-state index in [0.717, 1.165) is 25.7 Å². The number of allylic oxidation sites excluding steroid dienone is 4. The van der Waals surface area contributed by atoms with Crippen molar-refractivity contribution in [1.29, 1.82) is 0 Å². The topological polar surface area (TPSA) is 0 Å². The van der Waals surface area contributed by atoms with Gasteiger partial charge in [-0.15, -0.1) is 0 Å². The van der Waals surface area contributed by atoms with Crippen molar-refractivity contribution in [1.82, 2.24) is 0 Å². The predicted molar refractivity (Wildman–Crippen MR) is 96.3 cm³/mol. The zero-order valence-corrected chi connectivity index (χ0v) is 14.5. The van der Waals surface area contributed by atoms with Crippen LogP contribution in [0.25, 0.3) is 0 Å². The summed E-state index contributed by atoms with van der Waals surface area (Å²) in [5, 5.41) is 0. The van der Waals surface area contributed by atoms with Crippen molar-refractivity contribution in [3.8, 4) is 0 Å². The lowest BCUT2D eigenvalue weighted by Crippen LogP contribution is -2.33. The molecule has 0 bridgehead atoms. The SMILES string of the molecule is CCCC1([C@H]2CC[C@H](C(F)F)CC2)C=CC(c2ccccc2)C=C1. The van der Waals surface area contributed by atoms with Crippen molar-refractivity contribution in [2.24, 2.45) is 17.3 Å². The Morgan fingerprint density at radius 3 is 2.17 bits per heavy atom. The van der Waals surface area contributed by atoms with Crippen LogP contribution >= 0.6 is 0 Å². The maximum Gasteiger partial charge on any atom is 0.241 e. The normalized spacial score (nSPS) is 33.1. The van der Waals surface area contributed by atoms with E-state index in [4.69, 9.17) is 0 Å². The fourth-order valence-corrected chi connectivity index (χ4v) is 4.57. The Labute approximate surface area is 144 Å². The fourth-order valence-electron chi connectivity index (χ4n) is 4.57. The number of halogens is 2. The van der Waals surface area contributed by atoms with Gasteiger partial charge in [0.2, 0.25) is 6.43 Å². The van der Waals surface area contributed by atoms with Crippen molar-refractivity contribution in [3.05, 3.63) is 60.2 Å². The summed E-state index contributed by atoms with van der Waals surface area (Å²) in [6.07, 6.45) is 12.7. The standard InChI is InChI=1S/C22H28F2/c1-2-14-22(20-10-8-19(9-11-20)21(23)24)15-12-18(13-16-22)17-6-4-3-5-7-17/h3-7,12-13,15-16,18-21H,2,8-11,14H2,1H3/t18?,19-,20-,22?. The minimum Gasteiger partial charge on any atom is -0.210 e. The van der Waals surface area contributed by atoms with Gasteiger partial charge in [-0.3, -0.25) is 0 Å². The second-order valence-corrected chi connectivity index (χ2v) is 7.46. The molecule has 0 aromatic heterocycles. The first-order valence-electron chi connectivity index (χ1n) is 9.36. The molecule has 0 heterocycles. The predicted octanol–water partition coefficient (Wildman–Crippen LogP) is 6.75. The Morgan fingerprint density at radius 2 is 1.62 bits per heavy atom. The minimum absolute atomic E-state index is 0.0765. The van der Waals surface area contributed by atoms with E-state index in [1.54, 1.807) is 0 Å². The highest BCUT2D eigenvalue weighted by molar-refractivity contribution is 5.34. The lowest BCUT2D eigenvalue weighted by Gasteiger charge is -2.42. The smallest absolute Gasteiger partial charge is 0.210 e. The van der Waals surface area contributed by atoms with Gasteiger partial charge in [0, 0.05) is 17.3 Å². The summed E-state index contributed by atoms with van der Waals surface area (Å²) < 4.78 is 25.9. The molecule has 1 aromatic carbocycles. The summed E-state index contributed by atoms with van der Waals surface area (Å²) in [6, 6.07) is 10.5. The largest absolute Gasteiger partial charge is 0.241 e. The van der Waals surface area contributed by atoms with Crippen LogP contribution < -0.4 is 0 Å². The molecule has 2 aliphatic rings. The highest BCUT2D eigenvalue weighted by Crippen LogP contribution is 2.48. The van der Waals surface area contributed by atoms with E-state index < -0.39 is 6.43 Å². The van der Waals surface area contributed by atoms with Gasteiger partial charge >= 0.3 is 0 Å². The molecule has 0 spiro atoms. The van der Waals surface area contributed by atoms with E-state index in [1.165, 1.54) is 5.56 Å². The van der Waals surface area contributed by atoms with Gasteiger partial charge in [0.05, 0.1) is 0 Å².